The van der Waals surface area contributed by atoms with E-state index in [1.807, 2.05) is 0 Å². The molecule has 0 saturated carbocycles. The highest BCUT2D eigenvalue weighted by molar-refractivity contribution is 5.92. The lowest BCUT2D eigenvalue weighted by Gasteiger charge is -2.33. The third-order valence-electron chi connectivity index (χ3n) is 3.91. The molecule has 0 aliphatic carbocycles. The fourth-order valence-electron chi connectivity index (χ4n) is 2.24. The molecule has 0 aromatic rings. The van der Waals surface area contributed by atoms with Gasteiger partial charge in [-0.05, 0) is 25.7 Å². The second-order valence-electron chi connectivity index (χ2n) is 4.73. The highest BCUT2D eigenvalue weighted by atomic mass is 19.4. The molecule has 0 heterocycles. The number of aliphatic hydroxyl groups excluding tert-OH is 1. The van der Waals surface area contributed by atoms with Crippen LogP contribution in [0.2, 0.25) is 0 Å². The normalized spacial score (nSPS) is 14.0. The number of hydrogen-bond acceptors (Lipinski definition) is 2. The number of ketones is 1. The van der Waals surface area contributed by atoms with Crippen molar-refractivity contribution in [2.75, 3.05) is 0 Å². The van der Waals surface area contributed by atoms with Gasteiger partial charge < -0.3 is 5.11 Å². The zero-order chi connectivity index (χ0) is 15.3. The van der Waals surface area contributed by atoms with Gasteiger partial charge in [0, 0.05) is 12.0 Å². The molecule has 0 aliphatic rings. The second-order valence-corrected chi connectivity index (χ2v) is 4.73. The summed E-state index contributed by atoms with van der Waals surface area (Å²) in [5.41, 5.74) is -2.31. The molecule has 2 nitrogen and oxygen atoms in total. The van der Waals surface area contributed by atoms with Crippen molar-refractivity contribution >= 4 is 5.78 Å². The molecule has 0 unspecified atom stereocenters. The third-order valence-corrected chi connectivity index (χ3v) is 3.91. The average molecular weight is 280 g/mol. The maximum absolute atomic E-state index is 13.1. The Hall–Kier alpha value is -1.00. The van der Waals surface area contributed by atoms with Gasteiger partial charge in [0.2, 0.25) is 0 Å². The third kappa shape index (κ3) is 3.74. The number of allylic oxidation sites excluding steroid dienone is 2. The van der Waals surface area contributed by atoms with E-state index in [0.29, 0.717) is 12.8 Å². The molecule has 0 rings (SSSR count). The number of alkyl halides is 3. The Morgan fingerprint density at radius 2 is 1.53 bits per heavy atom. The number of halogens is 3. The van der Waals surface area contributed by atoms with Crippen LogP contribution in [0.1, 0.15) is 53.4 Å². The molecule has 0 aromatic carbocycles. The van der Waals surface area contributed by atoms with E-state index in [9.17, 15) is 23.1 Å². The lowest BCUT2D eigenvalue weighted by molar-refractivity contribution is -0.221. The largest absolute Gasteiger partial charge is 0.511 e. The summed E-state index contributed by atoms with van der Waals surface area (Å²) in [7, 11) is 0. The molecule has 0 atom stereocenters. The molecule has 19 heavy (non-hydrogen) atoms. The van der Waals surface area contributed by atoms with Crippen molar-refractivity contribution < 1.29 is 23.1 Å². The Morgan fingerprint density at radius 1 is 1.11 bits per heavy atom. The Morgan fingerprint density at radius 3 is 1.79 bits per heavy atom. The van der Waals surface area contributed by atoms with Crippen molar-refractivity contribution in [1.29, 1.82) is 0 Å². The van der Waals surface area contributed by atoms with Gasteiger partial charge in [0.1, 0.15) is 11.2 Å². The SMILES string of the molecule is CCC(CC)C(=O)C=C(O)C(CC)(CC)C(F)(F)F. The zero-order valence-electron chi connectivity index (χ0n) is 12.0. The molecule has 0 spiro atoms. The molecular formula is C14H23F3O2. The number of carbonyl (C=O) groups excluding carboxylic acids is 1. The summed E-state index contributed by atoms with van der Waals surface area (Å²) in [5, 5.41) is 9.83. The predicted octanol–water partition coefficient (Wildman–Crippen LogP) is 4.80. The van der Waals surface area contributed by atoms with Crippen LogP contribution in [-0.2, 0) is 4.79 Å². The van der Waals surface area contributed by atoms with Crippen molar-refractivity contribution in [2.45, 2.75) is 59.6 Å². The second kappa shape index (κ2) is 6.96. The lowest BCUT2D eigenvalue weighted by Crippen LogP contribution is -2.39. The fraction of sp³-hybridized carbons (Fsp3) is 0.786. The number of rotatable bonds is 7. The first-order chi connectivity index (χ1) is 8.70. The van der Waals surface area contributed by atoms with E-state index in [0.717, 1.165) is 6.08 Å². The van der Waals surface area contributed by atoms with E-state index in [-0.39, 0.29) is 18.8 Å². The first-order valence-electron chi connectivity index (χ1n) is 6.71. The molecule has 0 aliphatic heterocycles. The molecule has 0 bridgehead atoms. The van der Waals surface area contributed by atoms with Crippen LogP contribution >= 0.6 is 0 Å². The van der Waals surface area contributed by atoms with Gasteiger partial charge in [0.25, 0.3) is 0 Å². The maximum Gasteiger partial charge on any atom is 0.401 e. The van der Waals surface area contributed by atoms with E-state index in [2.05, 4.69) is 0 Å². The van der Waals surface area contributed by atoms with Crippen molar-refractivity contribution in [3.05, 3.63) is 11.8 Å². The topological polar surface area (TPSA) is 37.3 Å². The van der Waals surface area contributed by atoms with Crippen LogP contribution < -0.4 is 0 Å². The summed E-state index contributed by atoms with van der Waals surface area (Å²) in [4.78, 5) is 11.8. The van der Waals surface area contributed by atoms with Crippen LogP contribution in [-0.4, -0.2) is 17.1 Å². The number of carbonyl (C=O) groups is 1. The minimum Gasteiger partial charge on any atom is -0.511 e. The fourth-order valence-corrected chi connectivity index (χ4v) is 2.24. The smallest absolute Gasteiger partial charge is 0.401 e. The van der Waals surface area contributed by atoms with Gasteiger partial charge in [0.05, 0.1) is 0 Å². The minimum absolute atomic E-state index is 0.286. The average Bonchev–Trinajstić information content (AvgIpc) is 2.30. The molecule has 0 amide bonds. The van der Waals surface area contributed by atoms with Gasteiger partial charge in [0.15, 0.2) is 5.78 Å². The van der Waals surface area contributed by atoms with Crippen molar-refractivity contribution in [2.24, 2.45) is 11.3 Å². The van der Waals surface area contributed by atoms with Gasteiger partial charge in [-0.25, -0.2) is 0 Å². The van der Waals surface area contributed by atoms with E-state index in [4.69, 9.17) is 0 Å². The highest BCUT2D eigenvalue weighted by Gasteiger charge is 2.55. The highest BCUT2D eigenvalue weighted by Crippen LogP contribution is 2.48. The molecule has 5 heteroatoms. The van der Waals surface area contributed by atoms with E-state index in [1.54, 1.807) is 13.8 Å². The molecule has 112 valence electrons. The Kier molecular flexibility index (Phi) is 6.60. The van der Waals surface area contributed by atoms with Crippen molar-refractivity contribution in [3.63, 3.8) is 0 Å². The summed E-state index contributed by atoms with van der Waals surface area (Å²) in [5.74, 6) is -1.62. The first kappa shape index (κ1) is 18.0. The summed E-state index contributed by atoms with van der Waals surface area (Å²) in [6, 6.07) is 0. The molecule has 0 aromatic heterocycles. The van der Waals surface area contributed by atoms with Gasteiger partial charge in [-0.3, -0.25) is 4.79 Å². The summed E-state index contributed by atoms with van der Waals surface area (Å²) in [6.45, 7) is 6.33. The number of aliphatic hydroxyl groups is 1. The van der Waals surface area contributed by atoms with Gasteiger partial charge in [-0.2, -0.15) is 13.2 Å². The van der Waals surface area contributed by atoms with Gasteiger partial charge in [-0.1, -0.05) is 27.7 Å². The van der Waals surface area contributed by atoms with E-state index < -0.39 is 23.1 Å². The quantitative estimate of drug-likeness (QED) is 0.537. The monoisotopic (exact) mass is 280 g/mol. The van der Waals surface area contributed by atoms with Crippen LogP contribution in [0.5, 0.6) is 0 Å². The van der Waals surface area contributed by atoms with E-state index in [1.165, 1.54) is 13.8 Å². The Bertz CT molecular complexity index is 324. The standard InChI is InChI=1S/C14H23F3O2/c1-5-10(6-2)11(18)9-12(19)13(7-3,8-4)14(15,16)17/h9-10,19H,5-8H2,1-4H3. The van der Waals surface area contributed by atoms with Gasteiger partial charge in [-0.15, -0.1) is 0 Å². The lowest BCUT2D eigenvalue weighted by atomic mass is 9.78. The Labute approximate surface area is 112 Å². The Balaban J connectivity index is 5.44. The summed E-state index contributed by atoms with van der Waals surface area (Å²) in [6.07, 6.45) is -3.26. The zero-order valence-corrected chi connectivity index (χ0v) is 12.0. The van der Waals surface area contributed by atoms with Gasteiger partial charge >= 0.3 is 6.18 Å². The molecule has 0 saturated heterocycles. The molecule has 0 radical (unpaired) electrons. The van der Waals surface area contributed by atoms with Crippen LogP contribution in [0.3, 0.4) is 0 Å². The van der Waals surface area contributed by atoms with Crippen LogP contribution in [0, 0.1) is 11.3 Å². The molecule has 1 N–H and O–H groups in total. The first-order valence-corrected chi connectivity index (χ1v) is 6.71. The maximum atomic E-state index is 13.1. The van der Waals surface area contributed by atoms with Crippen LogP contribution in [0.25, 0.3) is 0 Å². The van der Waals surface area contributed by atoms with Crippen molar-refractivity contribution in [1.82, 2.24) is 0 Å². The summed E-state index contributed by atoms with van der Waals surface area (Å²) < 4.78 is 39.4. The van der Waals surface area contributed by atoms with Crippen LogP contribution in [0.4, 0.5) is 13.2 Å². The predicted molar refractivity (Wildman–Crippen MR) is 68.9 cm³/mol. The minimum atomic E-state index is -4.56. The van der Waals surface area contributed by atoms with Crippen molar-refractivity contribution in [3.8, 4) is 0 Å². The van der Waals surface area contributed by atoms with E-state index >= 15 is 0 Å². The number of hydrogen-bond donors (Lipinski definition) is 1. The molecular weight excluding hydrogens is 257 g/mol. The van der Waals surface area contributed by atoms with Crippen LogP contribution in [0.15, 0.2) is 11.8 Å². The summed E-state index contributed by atoms with van der Waals surface area (Å²) >= 11 is 0. The molecule has 0 fully saturated rings.